The molecule has 37 heavy (non-hydrogen) atoms. The molecule has 2 aliphatic rings. The van der Waals surface area contributed by atoms with Crippen molar-refractivity contribution in [3.63, 3.8) is 0 Å². The van der Waals surface area contributed by atoms with Crippen molar-refractivity contribution in [1.29, 1.82) is 0 Å². The highest BCUT2D eigenvalue weighted by molar-refractivity contribution is 7.80. The highest BCUT2D eigenvalue weighted by atomic mass is 32.1. The van der Waals surface area contributed by atoms with Gasteiger partial charge >= 0.3 is 0 Å². The van der Waals surface area contributed by atoms with Crippen molar-refractivity contribution >= 4 is 40.6 Å². The van der Waals surface area contributed by atoms with Gasteiger partial charge in [-0.3, -0.25) is 0 Å². The Labute approximate surface area is 225 Å². The third-order valence-corrected chi connectivity index (χ3v) is 7.45. The van der Waals surface area contributed by atoms with Crippen molar-refractivity contribution in [2.24, 2.45) is 0 Å². The molecule has 2 aromatic carbocycles. The van der Waals surface area contributed by atoms with Gasteiger partial charge in [-0.05, 0) is 49.7 Å². The Balaban J connectivity index is 1.32. The van der Waals surface area contributed by atoms with Crippen molar-refractivity contribution < 1.29 is 0 Å². The molecule has 0 saturated carbocycles. The van der Waals surface area contributed by atoms with Crippen LogP contribution in [0.5, 0.6) is 0 Å². The number of benzene rings is 2. The summed E-state index contributed by atoms with van der Waals surface area (Å²) in [5.74, 6) is 2.50. The minimum Gasteiger partial charge on any atom is -0.368 e. The maximum atomic E-state index is 5.67. The molecule has 3 aromatic rings. The highest BCUT2D eigenvalue weighted by Crippen LogP contribution is 2.26. The van der Waals surface area contributed by atoms with Crippen LogP contribution in [0.4, 0.5) is 23.3 Å². The first-order valence-corrected chi connectivity index (χ1v) is 13.9. The van der Waals surface area contributed by atoms with Crippen molar-refractivity contribution in [2.45, 2.75) is 38.6 Å². The Morgan fingerprint density at radius 2 is 1.27 bits per heavy atom. The number of anilines is 4. The fourth-order valence-corrected chi connectivity index (χ4v) is 5.36. The number of para-hydroxylation sites is 1. The summed E-state index contributed by atoms with van der Waals surface area (Å²) in [4.78, 5) is 17.1. The predicted octanol–water partition coefficient (Wildman–Crippen LogP) is 5.23. The normalized spacial score (nSPS) is 17.2. The fourth-order valence-electron chi connectivity index (χ4n) is 5.09. The second kappa shape index (κ2) is 12.2. The van der Waals surface area contributed by atoms with Gasteiger partial charge in [0.05, 0.1) is 6.04 Å². The van der Waals surface area contributed by atoms with Gasteiger partial charge in [0.15, 0.2) is 5.11 Å². The van der Waals surface area contributed by atoms with Crippen LogP contribution < -0.4 is 25.3 Å². The molecule has 0 bridgehead atoms. The molecule has 2 N–H and O–H groups in total. The van der Waals surface area contributed by atoms with Gasteiger partial charge in [0.1, 0.15) is 11.6 Å². The molecule has 2 aliphatic heterocycles. The van der Waals surface area contributed by atoms with Crippen LogP contribution >= 0.6 is 12.2 Å². The van der Waals surface area contributed by atoms with E-state index in [2.05, 4.69) is 80.8 Å². The van der Waals surface area contributed by atoms with E-state index in [0.717, 1.165) is 50.9 Å². The summed E-state index contributed by atoms with van der Waals surface area (Å²) in [6.07, 6.45) is 4.97. The Kier molecular flexibility index (Phi) is 8.35. The van der Waals surface area contributed by atoms with Crippen LogP contribution in [-0.2, 0) is 0 Å². The van der Waals surface area contributed by atoms with Crippen LogP contribution in [0.1, 0.15) is 44.2 Å². The summed E-state index contributed by atoms with van der Waals surface area (Å²) in [6, 6.07) is 23.2. The van der Waals surface area contributed by atoms with E-state index in [4.69, 9.17) is 22.2 Å². The van der Waals surface area contributed by atoms with Crippen LogP contribution in [0.2, 0.25) is 0 Å². The SMILES string of the molecule is C[C@H](NC(=S)Nc1nc(N2CCCCCC2)cc(N2CCN(c3ccccc3)CC2)n1)c1ccccc1. The molecule has 8 heteroatoms. The van der Waals surface area contributed by atoms with Gasteiger partial charge in [-0.2, -0.15) is 9.97 Å². The van der Waals surface area contributed by atoms with Crippen LogP contribution in [0.15, 0.2) is 66.7 Å². The first-order chi connectivity index (χ1) is 18.2. The maximum Gasteiger partial charge on any atom is 0.232 e. The highest BCUT2D eigenvalue weighted by Gasteiger charge is 2.22. The second-order valence-electron chi connectivity index (χ2n) is 9.85. The second-order valence-corrected chi connectivity index (χ2v) is 10.3. The predicted molar refractivity (Wildman–Crippen MR) is 158 cm³/mol. The quantitative estimate of drug-likeness (QED) is 0.433. The standard InChI is InChI=1S/C29H37N7S/c1-23(24-12-6-4-7-13-24)30-29(37)33-28-31-26(35-16-10-2-3-11-17-35)22-27(32-28)36-20-18-34(19-21-36)25-14-8-5-9-15-25/h4-9,12-15,22-23H,2-3,10-11,16-21H2,1H3,(H2,30,31,32,33,37)/t23-/m0/s1. The largest absolute Gasteiger partial charge is 0.368 e. The summed E-state index contributed by atoms with van der Waals surface area (Å²) in [7, 11) is 0. The first kappa shape index (κ1) is 25.3. The summed E-state index contributed by atoms with van der Waals surface area (Å²) >= 11 is 5.67. The van der Waals surface area contributed by atoms with E-state index in [-0.39, 0.29) is 6.04 Å². The topological polar surface area (TPSA) is 59.6 Å². The van der Waals surface area contributed by atoms with Gasteiger partial charge in [0.2, 0.25) is 5.95 Å². The molecule has 0 radical (unpaired) electrons. The summed E-state index contributed by atoms with van der Waals surface area (Å²) < 4.78 is 0. The van der Waals surface area contributed by atoms with E-state index >= 15 is 0 Å². The molecule has 0 aliphatic carbocycles. The molecular formula is C29H37N7S. The monoisotopic (exact) mass is 515 g/mol. The number of hydrogen-bond donors (Lipinski definition) is 2. The zero-order chi connectivity index (χ0) is 25.5. The number of aromatic nitrogens is 2. The zero-order valence-corrected chi connectivity index (χ0v) is 22.5. The number of thiocarbonyl (C=S) groups is 1. The first-order valence-electron chi connectivity index (χ1n) is 13.5. The molecule has 2 fully saturated rings. The average Bonchev–Trinajstić information content (AvgIpc) is 3.24. The summed E-state index contributed by atoms with van der Waals surface area (Å²) in [5, 5.41) is 7.20. The molecule has 194 valence electrons. The Hall–Kier alpha value is -3.39. The third-order valence-electron chi connectivity index (χ3n) is 7.23. The Morgan fingerprint density at radius 1 is 0.730 bits per heavy atom. The Bertz CT molecular complexity index is 1140. The van der Waals surface area contributed by atoms with Crippen molar-refractivity contribution in [3.05, 3.63) is 72.3 Å². The van der Waals surface area contributed by atoms with Gasteiger partial charge in [-0.15, -0.1) is 0 Å². The van der Waals surface area contributed by atoms with E-state index in [0.29, 0.717) is 11.1 Å². The third kappa shape index (κ3) is 6.68. The lowest BCUT2D eigenvalue weighted by atomic mass is 10.1. The summed E-state index contributed by atoms with van der Waals surface area (Å²) in [6.45, 7) is 7.93. The van der Waals surface area contributed by atoms with Crippen molar-refractivity contribution in [3.8, 4) is 0 Å². The van der Waals surface area contributed by atoms with Gasteiger partial charge < -0.3 is 25.3 Å². The average molecular weight is 516 g/mol. The van der Waals surface area contributed by atoms with E-state index in [1.165, 1.54) is 36.9 Å². The van der Waals surface area contributed by atoms with E-state index in [1.54, 1.807) is 0 Å². The van der Waals surface area contributed by atoms with E-state index in [1.807, 2.05) is 18.2 Å². The molecule has 1 aromatic heterocycles. The number of hydrogen-bond acceptors (Lipinski definition) is 6. The molecular weight excluding hydrogens is 478 g/mol. The van der Waals surface area contributed by atoms with Crippen LogP contribution in [0.3, 0.4) is 0 Å². The molecule has 5 rings (SSSR count). The zero-order valence-electron chi connectivity index (χ0n) is 21.6. The van der Waals surface area contributed by atoms with E-state index < -0.39 is 0 Å². The molecule has 0 unspecified atom stereocenters. The lowest BCUT2D eigenvalue weighted by Gasteiger charge is -2.37. The smallest absolute Gasteiger partial charge is 0.232 e. The molecule has 2 saturated heterocycles. The van der Waals surface area contributed by atoms with Crippen LogP contribution in [-0.4, -0.2) is 54.3 Å². The molecule has 3 heterocycles. The minimum absolute atomic E-state index is 0.0838. The van der Waals surface area contributed by atoms with E-state index in [9.17, 15) is 0 Å². The fraction of sp³-hybridized carbons (Fsp3) is 0.414. The van der Waals surface area contributed by atoms with Crippen LogP contribution in [0, 0.1) is 0 Å². The lowest BCUT2D eigenvalue weighted by molar-refractivity contribution is 0.646. The molecule has 0 amide bonds. The lowest BCUT2D eigenvalue weighted by Crippen LogP contribution is -2.47. The van der Waals surface area contributed by atoms with Gasteiger partial charge in [0.25, 0.3) is 0 Å². The van der Waals surface area contributed by atoms with Crippen molar-refractivity contribution in [2.75, 3.05) is 59.3 Å². The van der Waals surface area contributed by atoms with Crippen LogP contribution in [0.25, 0.3) is 0 Å². The van der Waals surface area contributed by atoms with Gasteiger partial charge in [-0.1, -0.05) is 61.4 Å². The number of piperazine rings is 1. The molecule has 0 spiro atoms. The van der Waals surface area contributed by atoms with Crippen molar-refractivity contribution in [1.82, 2.24) is 15.3 Å². The number of nitrogens with zero attached hydrogens (tertiary/aromatic N) is 5. The molecule has 7 nitrogen and oxygen atoms in total. The minimum atomic E-state index is 0.0838. The maximum absolute atomic E-state index is 5.67. The number of rotatable bonds is 6. The Morgan fingerprint density at radius 3 is 1.89 bits per heavy atom. The van der Waals surface area contributed by atoms with Gasteiger partial charge in [0, 0.05) is 51.0 Å². The summed E-state index contributed by atoms with van der Waals surface area (Å²) in [5.41, 5.74) is 2.46. The molecule has 1 atom stereocenters. The van der Waals surface area contributed by atoms with Gasteiger partial charge in [-0.25, -0.2) is 0 Å². The number of nitrogens with one attached hydrogen (secondary N) is 2.